The van der Waals surface area contributed by atoms with Crippen molar-refractivity contribution in [3.8, 4) is 5.75 Å². The molecule has 0 aromatic heterocycles. The van der Waals surface area contributed by atoms with Crippen LogP contribution in [0.25, 0.3) is 0 Å². The molecule has 0 heterocycles. The van der Waals surface area contributed by atoms with Gasteiger partial charge in [0.05, 0.1) is 0 Å². The lowest BCUT2D eigenvalue weighted by Gasteiger charge is -2.50. The lowest BCUT2D eigenvalue weighted by Crippen LogP contribution is -2.44. The maximum atomic E-state index is 11.2. The van der Waals surface area contributed by atoms with E-state index in [1.807, 2.05) is 12.1 Å². The first-order chi connectivity index (χ1) is 12.0. The van der Waals surface area contributed by atoms with Crippen molar-refractivity contribution in [1.82, 2.24) is 0 Å². The number of ether oxygens (including phenoxy) is 2. The summed E-state index contributed by atoms with van der Waals surface area (Å²) in [5.74, 6) is 2.28. The molecule has 3 unspecified atom stereocenters. The Labute approximate surface area is 148 Å². The van der Waals surface area contributed by atoms with Crippen LogP contribution in [0.1, 0.15) is 63.0 Å². The molecule has 0 bridgehead atoms. The number of carbonyl (C=O) groups is 2. The highest BCUT2D eigenvalue weighted by Crippen LogP contribution is 2.61. The second-order valence-electron chi connectivity index (χ2n) is 8.21. The second-order valence-corrected chi connectivity index (χ2v) is 8.21. The van der Waals surface area contributed by atoms with Gasteiger partial charge in [0.15, 0.2) is 0 Å². The summed E-state index contributed by atoms with van der Waals surface area (Å²) in [7, 11) is 0. The second kappa shape index (κ2) is 6.15. The van der Waals surface area contributed by atoms with Crippen LogP contribution in [0.4, 0.5) is 0 Å². The fourth-order valence-corrected chi connectivity index (χ4v) is 6.03. The first-order valence-corrected chi connectivity index (χ1v) is 9.43. The lowest BCUT2D eigenvalue weighted by molar-refractivity contribution is -0.142. The molecule has 2 saturated carbocycles. The van der Waals surface area contributed by atoms with Crippen LogP contribution in [-0.2, 0) is 20.7 Å². The van der Waals surface area contributed by atoms with Crippen LogP contribution in [0.5, 0.6) is 5.75 Å². The van der Waals surface area contributed by atoms with Crippen LogP contribution < -0.4 is 4.74 Å². The molecule has 1 aromatic rings. The number of carbonyl (C=O) groups excluding carboxylic acids is 2. The van der Waals surface area contributed by atoms with Crippen LogP contribution in [0, 0.1) is 17.3 Å². The maximum absolute atomic E-state index is 11.2. The van der Waals surface area contributed by atoms with E-state index in [0.29, 0.717) is 30.0 Å². The third-order valence-electron chi connectivity index (χ3n) is 7.09. The summed E-state index contributed by atoms with van der Waals surface area (Å²) >= 11 is 0. The summed E-state index contributed by atoms with van der Waals surface area (Å²) in [5, 5.41) is 0. The van der Waals surface area contributed by atoms with Crippen molar-refractivity contribution in [1.29, 1.82) is 0 Å². The van der Waals surface area contributed by atoms with Gasteiger partial charge in [-0.1, -0.05) is 13.0 Å². The van der Waals surface area contributed by atoms with E-state index in [4.69, 9.17) is 9.47 Å². The Morgan fingerprint density at radius 2 is 2.08 bits per heavy atom. The highest BCUT2D eigenvalue weighted by molar-refractivity contribution is 5.69. The molecule has 0 spiro atoms. The number of aryl methyl sites for hydroxylation is 1. The molecule has 0 N–H and O–H groups in total. The Balaban J connectivity index is 1.60. The zero-order valence-corrected chi connectivity index (χ0v) is 15.0. The van der Waals surface area contributed by atoms with Crippen molar-refractivity contribution in [2.75, 3.05) is 0 Å². The normalized spacial score (nSPS) is 35.9. The van der Waals surface area contributed by atoms with Gasteiger partial charge in [-0.05, 0) is 79.5 Å². The van der Waals surface area contributed by atoms with Crippen molar-refractivity contribution in [3.63, 3.8) is 0 Å². The van der Waals surface area contributed by atoms with E-state index in [2.05, 4.69) is 13.0 Å². The number of fused-ring (bicyclic) bond motifs is 5. The minimum Gasteiger partial charge on any atom is -0.464 e. The van der Waals surface area contributed by atoms with Crippen LogP contribution in [0.3, 0.4) is 0 Å². The van der Waals surface area contributed by atoms with Gasteiger partial charge in [-0.15, -0.1) is 0 Å². The molecule has 4 nitrogen and oxygen atoms in total. The van der Waals surface area contributed by atoms with Gasteiger partial charge in [-0.3, -0.25) is 9.59 Å². The average molecular weight is 342 g/mol. The van der Waals surface area contributed by atoms with Crippen molar-refractivity contribution in [2.24, 2.45) is 17.3 Å². The Morgan fingerprint density at radius 3 is 2.84 bits per heavy atom. The molecule has 0 saturated heterocycles. The van der Waals surface area contributed by atoms with Crippen LogP contribution in [-0.4, -0.2) is 18.5 Å². The molecule has 1 aromatic carbocycles. The SMILES string of the molecule is CC(=O)Oc1ccc2c(c1)CCC1C2CC[C@@]2(C)C1CC[C@@H]2OC=O. The number of rotatable bonds is 3. The highest BCUT2D eigenvalue weighted by Gasteiger charge is 2.55. The molecule has 5 atom stereocenters. The quantitative estimate of drug-likeness (QED) is 0.473. The fraction of sp³-hybridized carbons (Fsp3) is 0.619. The minimum absolute atomic E-state index is 0.0867. The summed E-state index contributed by atoms with van der Waals surface area (Å²) in [6.45, 7) is 4.40. The van der Waals surface area contributed by atoms with Gasteiger partial charge in [0.1, 0.15) is 11.9 Å². The highest BCUT2D eigenvalue weighted by atomic mass is 16.5. The van der Waals surface area contributed by atoms with E-state index in [-0.39, 0.29) is 17.5 Å². The molecule has 134 valence electrons. The van der Waals surface area contributed by atoms with Crippen LogP contribution in [0.15, 0.2) is 18.2 Å². The number of hydrogen-bond acceptors (Lipinski definition) is 4. The number of hydrogen-bond donors (Lipinski definition) is 0. The Hall–Kier alpha value is -1.84. The van der Waals surface area contributed by atoms with Gasteiger partial charge in [0, 0.05) is 12.3 Å². The third kappa shape index (κ3) is 2.66. The smallest absolute Gasteiger partial charge is 0.308 e. The maximum Gasteiger partial charge on any atom is 0.308 e. The summed E-state index contributed by atoms with van der Waals surface area (Å²) in [4.78, 5) is 22.1. The summed E-state index contributed by atoms with van der Waals surface area (Å²) in [6, 6.07) is 6.15. The molecule has 4 rings (SSSR count). The molecule has 0 aliphatic heterocycles. The average Bonchev–Trinajstić information content (AvgIpc) is 2.91. The molecule has 25 heavy (non-hydrogen) atoms. The first-order valence-electron chi connectivity index (χ1n) is 9.43. The molecular formula is C21H26O4. The van der Waals surface area contributed by atoms with E-state index in [1.54, 1.807) is 0 Å². The van der Waals surface area contributed by atoms with Crippen molar-refractivity contribution < 1.29 is 19.1 Å². The third-order valence-corrected chi connectivity index (χ3v) is 7.09. The lowest BCUT2D eigenvalue weighted by atomic mass is 9.55. The molecule has 3 aliphatic carbocycles. The van der Waals surface area contributed by atoms with Crippen molar-refractivity contribution in [2.45, 2.75) is 64.4 Å². The van der Waals surface area contributed by atoms with Gasteiger partial charge >= 0.3 is 5.97 Å². The standard InChI is InChI=1S/C21H26O4/c1-13(23)25-15-4-6-16-14(11-15)3-5-18-17(16)9-10-21(2)19(18)7-8-20(21)24-12-22/h4,6,11-12,17-20H,3,5,7-10H2,1-2H3/t17?,18?,19?,20-,21-/m0/s1. The largest absolute Gasteiger partial charge is 0.464 e. The van der Waals surface area contributed by atoms with Gasteiger partial charge < -0.3 is 9.47 Å². The molecule has 4 heteroatoms. The number of benzene rings is 1. The molecule has 0 amide bonds. The van der Waals surface area contributed by atoms with Crippen molar-refractivity contribution >= 4 is 12.4 Å². The zero-order chi connectivity index (χ0) is 17.6. The Kier molecular flexibility index (Phi) is 4.09. The molecule has 2 fully saturated rings. The molecule has 3 aliphatic rings. The van der Waals surface area contributed by atoms with Crippen molar-refractivity contribution in [3.05, 3.63) is 29.3 Å². The summed E-state index contributed by atoms with van der Waals surface area (Å²) < 4.78 is 10.7. The topological polar surface area (TPSA) is 52.6 Å². The summed E-state index contributed by atoms with van der Waals surface area (Å²) in [6.07, 6.45) is 6.73. The van der Waals surface area contributed by atoms with E-state index in [9.17, 15) is 9.59 Å². The van der Waals surface area contributed by atoms with E-state index < -0.39 is 0 Å². The predicted molar refractivity (Wildman–Crippen MR) is 93.3 cm³/mol. The fourth-order valence-electron chi connectivity index (χ4n) is 6.03. The summed E-state index contributed by atoms with van der Waals surface area (Å²) in [5.41, 5.74) is 2.91. The van der Waals surface area contributed by atoms with Crippen LogP contribution >= 0.6 is 0 Å². The Bertz CT molecular complexity index is 697. The van der Waals surface area contributed by atoms with E-state index >= 15 is 0 Å². The van der Waals surface area contributed by atoms with E-state index in [1.165, 1.54) is 24.5 Å². The van der Waals surface area contributed by atoms with Gasteiger partial charge in [0.2, 0.25) is 0 Å². The molecule has 0 radical (unpaired) electrons. The van der Waals surface area contributed by atoms with Crippen LogP contribution in [0.2, 0.25) is 0 Å². The minimum atomic E-state index is -0.269. The predicted octanol–water partition coefficient (Wildman–Crippen LogP) is 4.01. The van der Waals surface area contributed by atoms with E-state index in [0.717, 1.165) is 32.1 Å². The monoisotopic (exact) mass is 342 g/mol. The molecular weight excluding hydrogens is 316 g/mol. The van der Waals surface area contributed by atoms with Gasteiger partial charge in [0.25, 0.3) is 6.47 Å². The Morgan fingerprint density at radius 1 is 1.24 bits per heavy atom. The van der Waals surface area contributed by atoms with Gasteiger partial charge in [-0.25, -0.2) is 0 Å². The van der Waals surface area contributed by atoms with Gasteiger partial charge in [-0.2, -0.15) is 0 Å². The zero-order valence-electron chi connectivity index (χ0n) is 15.0. The number of esters is 1. The first kappa shape index (κ1) is 16.6.